The van der Waals surface area contributed by atoms with Crippen molar-refractivity contribution in [1.29, 1.82) is 0 Å². The molecule has 2 saturated heterocycles. The fraction of sp³-hybridized carbons (Fsp3) is 1.00. The minimum Gasteiger partial charge on any atom is -0.377 e. The summed E-state index contributed by atoms with van der Waals surface area (Å²) >= 11 is 0. The summed E-state index contributed by atoms with van der Waals surface area (Å²) in [5, 5.41) is 3.37. The van der Waals surface area contributed by atoms with Crippen molar-refractivity contribution < 1.29 is 9.47 Å². The summed E-state index contributed by atoms with van der Waals surface area (Å²) in [6, 6.07) is 0.571. The molecule has 2 aliphatic rings. The normalized spacial score (nSPS) is 36.7. The number of likely N-dealkylation sites (N-methyl/N-ethyl adjacent to an activating group) is 2. The third-order valence-corrected chi connectivity index (χ3v) is 4.21. The molecule has 106 valence electrons. The van der Waals surface area contributed by atoms with Gasteiger partial charge in [-0.15, -0.1) is 0 Å². The monoisotopic (exact) mass is 256 g/mol. The van der Waals surface area contributed by atoms with Crippen molar-refractivity contribution in [3.63, 3.8) is 0 Å². The summed E-state index contributed by atoms with van der Waals surface area (Å²) in [6.45, 7) is 8.30. The van der Waals surface area contributed by atoms with Crippen LogP contribution in [0.1, 0.15) is 33.1 Å². The SMILES string of the molecule is CCNCC1CCC(CN(C)C2CCOC2C)O1. The molecule has 4 atom stereocenters. The molecule has 0 amide bonds. The highest BCUT2D eigenvalue weighted by molar-refractivity contribution is 4.84. The Bertz CT molecular complexity index is 250. The Labute approximate surface area is 111 Å². The van der Waals surface area contributed by atoms with Gasteiger partial charge in [0.15, 0.2) is 0 Å². The van der Waals surface area contributed by atoms with Crippen LogP contribution in [-0.4, -0.2) is 62.5 Å². The van der Waals surface area contributed by atoms with Crippen LogP contribution in [0.4, 0.5) is 0 Å². The average Bonchev–Trinajstić information content (AvgIpc) is 2.95. The van der Waals surface area contributed by atoms with Crippen LogP contribution >= 0.6 is 0 Å². The molecule has 4 heteroatoms. The Morgan fingerprint density at radius 1 is 1.22 bits per heavy atom. The van der Waals surface area contributed by atoms with E-state index in [1.165, 1.54) is 12.8 Å². The molecule has 0 aromatic heterocycles. The van der Waals surface area contributed by atoms with Crippen LogP contribution < -0.4 is 5.32 Å². The Morgan fingerprint density at radius 3 is 2.67 bits per heavy atom. The molecular weight excluding hydrogens is 228 g/mol. The van der Waals surface area contributed by atoms with E-state index in [0.29, 0.717) is 24.4 Å². The summed E-state index contributed by atoms with van der Waals surface area (Å²) in [6.07, 6.45) is 4.75. The number of ether oxygens (including phenoxy) is 2. The molecule has 0 aliphatic carbocycles. The highest BCUT2D eigenvalue weighted by Gasteiger charge is 2.31. The van der Waals surface area contributed by atoms with Crippen LogP contribution in [0.5, 0.6) is 0 Å². The molecule has 0 spiro atoms. The maximum absolute atomic E-state index is 6.08. The molecule has 4 unspecified atom stereocenters. The van der Waals surface area contributed by atoms with E-state index >= 15 is 0 Å². The lowest BCUT2D eigenvalue weighted by atomic mass is 10.1. The molecular formula is C14H28N2O2. The first-order chi connectivity index (χ1) is 8.70. The minimum atomic E-state index is 0.369. The van der Waals surface area contributed by atoms with E-state index in [-0.39, 0.29) is 0 Å². The van der Waals surface area contributed by atoms with Gasteiger partial charge in [0.25, 0.3) is 0 Å². The van der Waals surface area contributed by atoms with Crippen LogP contribution in [-0.2, 0) is 9.47 Å². The second-order valence-electron chi connectivity index (χ2n) is 5.64. The summed E-state index contributed by atoms with van der Waals surface area (Å²) in [5.41, 5.74) is 0. The topological polar surface area (TPSA) is 33.7 Å². The van der Waals surface area contributed by atoms with Crippen LogP contribution in [0.2, 0.25) is 0 Å². The van der Waals surface area contributed by atoms with E-state index in [9.17, 15) is 0 Å². The van der Waals surface area contributed by atoms with Crippen LogP contribution in [0.15, 0.2) is 0 Å². The highest BCUT2D eigenvalue weighted by Crippen LogP contribution is 2.23. The van der Waals surface area contributed by atoms with Gasteiger partial charge in [-0.3, -0.25) is 4.90 Å². The van der Waals surface area contributed by atoms with E-state index in [0.717, 1.165) is 32.7 Å². The van der Waals surface area contributed by atoms with Gasteiger partial charge in [0.2, 0.25) is 0 Å². The maximum Gasteiger partial charge on any atom is 0.0707 e. The molecule has 2 fully saturated rings. The van der Waals surface area contributed by atoms with Crippen LogP contribution in [0, 0.1) is 0 Å². The summed E-state index contributed by atoms with van der Waals surface area (Å²) in [7, 11) is 2.21. The van der Waals surface area contributed by atoms with E-state index < -0.39 is 0 Å². The first kappa shape index (κ1) is 14.3. The lowest BCUT2D eigenvalue weighted by Crippen LogP contribution is -2.41. The van der Waals surface area contributed by atoms with Gasteiger partial charge >= 0.3 is 0 Å². The Morgan fingerprint density at radius 2 is 2.00 bits per heavy atom. The second-order valence-corrected chi connectivity index (χ2v) is 5.64. The van der Waals surface area contributed by atoms with Gasteiger partial charge in [0, 0.05) is 25.7 Å². The van der Waals surface area contributed by atoms with Crippen LogP contribution in [0.3, 0.4) is 0 Å². The molecule has 4 nitrogen and oxygen atoms in total. The van der Waals surface area contributed by atoms with Crippen molar-refractivity contribution in [3.05, 3.63) is 0 Å². The highest BCUT2D eigenvalue weighted by atomic mass is 16.5. The first-order valence-corrected chi connectivity index (χ1v) is 7.38. The molecule has 18 heavy (non-hydrogen) atoms. The number of hydrogen-bond acceptors (Lipinski definition) is 4. The Hall–Kier alpha value is -0.160. The summed E-state index contributed by atoms with van der Waals surface area (Å²) in [4.78, 5) is 2.43. The Kier molecular flexibility index (Phi) is 5.42. The fourth-order valence-corrected chi connectivity index (χ4v) is 3.13. The molecule has 0 bridgehead atoms. The van der Waals surface area contributed by atoms with Gasteiger partial charge in [-0.25, -0.2) is 0 Å². The largest absolute Gasteiger partial charge is 0.377 e. The van der Waals surface area contributed by atoms with Gasteiger partial charge in [0.05, 0.1) is 18.3 Å². The molecule has 2 rings (SSSR count). The van der Waals surface area contributed by atoms with E-state index in [2.05, 4.69) is 31.1 Å². The number of rotatable bonds is 6. The van der Waals surface area contributed by atoms with E-state index in [4.69, 9.17) is 9.47 Å². The van der Waals surface area contributed by atoms with Crippen molar-refractivity contribution in [2.75, 3.05) is 33.3 Å². The molecule has 1 N–H and O–H groups in total. The zero-order valence-corrected chi connectivity index (χ0v) is 12.0. The first-order valence-electron chi connectivity index (χ1n) is 7.38. The minimum absolute atomic E-state index is 0.369. The molecule has 0 radical (unpaired) electrons. The predicted molar refractivity (Wildman–Crippen MR) is 72.9 cm³/mol. The fourth-order valence-electron chi connectivity index (χ4n) is 3.13. The molecule has 0 aromatic carbocycles. The van der Waals surface area contributed by atoms with Crippen molar-refractivity contribution >= 4 is 0 Å². The maximum atomic E-state index is 6.08. The third-order valence-electron chi connectivity index (χ3n) is 4.21. The molecule has 2 heterocycles. The number of hydrogen-bond donors (Lipinski definition) is 1. The summed E-state index contributed by atoms with van der Waals surface area (Å²) < 4.78 is 11.7. The lowest BCUT2D eigenvalue weighted by Gasteiger charge is -2.29. The van der Waals surface area contributed by atoms with E-state index in [1.54, 1.807) is 0 Å². The van der Waals surface area contributed by atoms with Crippen molar-refractivity contribution in [1.82, 2.24) is 10.2 Å². The number of nitrogens with one attached hydrogen (secondary N) is 1. The van der Waals surface area contributed by atoms with Crippen LogP contribution in [0.25, 0.3) is 0 Å². The molecule has 2 aliphatic heterocycles. The molecule has 0 aromatic rings. The predicted octanol–water partition coefficient (Wildman–Crippen LogP) is 1.25. The smallest absolute Gasteiger partial charge is 0.0707 e. The quantitative estimate of drug-likeness (QED) is 0.775. The van der Waals surface area contributed by atoms with Crippen molar-refractivity contribution in [3.8, 4) is 0 Å². The third kappa shape index (κ3) is 3.67. The van der Waals surface area contributed by atoms with Gasteiger partial charge in [-0.1, -0.05) is 6.92 Å². The van der Waals surface area contributed by atoms with Gasteiger partial charge in [-0.05, 0) is 39.8 Å². The lowest BCUT2D eigenvalue weighted by molar-refractivity contribution is 0.0116. The van der Waals surface area contributed by atoms with E-state index in [1.807, 2.05) is 0 Å². The van der Waals surface area contributed by atoms with Crippen molar-refractivity contribution in [2.45, 2.75) is 57.5 Å². The summed E-state index contributed by atoms with van der Waals surface area (Å²) in [5.74, 6) is 0. The standard InChI is InChI=1S/C14H28N2O2/c1-4-15-9-12-5-6-13(18-12)10-16(3)14-7-8-17-11(14)2/h11-15H,4-10H2,1-3H3. The number of nitrogens with zero attached hydrogens (tertiary/aromatic N) is 1. The van der Waals surface area contributed by atoms with Crippen molar-refractivity contribution in [2.24, 2.45) is 0 Å². The second kappa shape index (κ2) is 6.85. The zero-order chi connectivity index (χ0) is 13.0. The zero-order valence-electron chi connectivity index (χ0n) is 12.0. The van der Waals surface area contributed by atoms with Gasteiger partial charge < -0.3 is 14.8 Å². The average molecular weight is 256 g/mol. The Balaban J connectivity index is 1.70. The molecule has 0 saturated carbocycles. The van der Waals surface area contributed by atoms with Gasteiger partial charge in [0.1, 0.15) is 0 Å². The van der Waals surface area contributed by atoms with Gasteiger partial charge in [-0.2, -0.15) is 0 Å².